The first-order valence-electron chi connectivity index (χ1n) is 8.33. The quantitative estimate of drug-likeness (QED) is 0.361. The van der Waals surface area contributed by atoms with Crippen LogP contribution in [0.15, 0.2) is 76.5 Å². The first-order chi connectivity index (χ1) is 14.5. The number of hydrogen-bond donors (Lipinski definition) is 2. The van der Waals surface area contributed by atoms with Gasteiger partial charge < -0.3 is 0 Å². The summed E-state index contributed by atoms with van der Waals surface area (Å²) in [7, 11) is -8.35. The van der Waals surface area contributed by atoms with E-state index < -0.39 is 30.7 Å². The summed E-state index contributed by atoms with van der Waals surface area (Å²) in [6.07, 6.45) is 0. The molecule has 162 valence electrons. The topological polar surface area (TPSA) is 135 Å². The Hall–Kier alpha value is -2.86. The lowest BCUT2D eigenvalue weighted by molar-refractivity contribution is -0.384. The number of nitrogens with zero attached hydrogens (tertiary/aromatic N) is 1. The van der Waals surface area contributed by atoms with Gasteiger partial charge in [0.2, 0.25) is 0 Å². The fourth-order valence-corrected chi connectivity index (χ4v) is 4.86. The lowest BCUT2D eigenvalue weighted by atomic mass is 10.2. The van der Waals surface area contributed by atoms with Gasteiger partial charge in [-0.15, -0.1) is 0 Å². The van der Waals surface area contributed by atoms with Gasteiger partial charge in [0.15, 0.2) is 0 Å². The summed E-state index contributed by atoms with van der Waals surface area (Å²) < 4.78 is 55.2. The summed E-state index contributed by atoms with van der Waals surface area (Å²) in [4.78, 5) is 10.1. The fraction of sp³-hybridized carbons (Fsp3) is 0. The van der Waals surface area contributed by atoms with Crippen LogP contribution < -0.4 is 9.44 Å². The molecule has 0 aliphatic heterocycles. The molecule has 13 heteroatoms. The highest BCUT2D eigenvalue weighted by Crippen LogP contribution is 2.31. The minimum Gasteiger partial charge on any atom is -0.277 e. The van der Waals surface area contributed by atoms with Gasteiger partial charge in [0.05, 0.1) is 26.1 Å². The minimum atomic E-state index is -4.20. The van der Waals surface area contributed by atoms with E-state index in [-0.39, 0.29) is 21.2 Å². The third-order valence-electron chi connectivity index (χ3n) is 3.95. The summed E-state index contributed by atoms with van der Waals surface area (Å²) in [5.41, 5.74) is -0.983. The number of anilines is 2. The van der Waals surface area contributed by atoms with Gasteiger partial charge in [-0.05, 0) is 54.6 Å². The Bertz CT molecular complexity index is 1340. The zero-order valence-electron chi connectivity index (χ0n) is 15.3. The van der Waals surface area contributed by atoms with Crippen molar-refractivity contribution in [2.75, 3.05) is 9.44 Å². The van der Waals surface area contributed by atoms with E-state index in [1.165, 1.54) is 48.5 Å². The van der Waals surface area contributed by atoms with Crippen molar-refractivity contribution in [2.24, 2.45) is 0 Å². The van der Waals surface area contributed by atoms with Crippen LogP contribution in [0, 0.1) is 10.1 Å². The van der Waals surface area contributed by atoms with Gasteiger partial charge in [-0.25, -0.2) is 16.8 Å². The molecule has 0 unspecified atom stereocenters. The number of nitro benzene ring substituents is 1. The Morgan fingerprint density at radius 3 is 1.52 bits per heavy atom. The molecule has 3 aromatic rings. The Labute approximate surface area is 187 Å². The fourth-order valence-electron chi connectivity index (χ4n) is 2.45. The monoisotopic (exact) mass is 501 g/mol. The maximum atomic E-state index is 12.7. The molecule has 9 nitrogen and oxygen atoms in total. The number of hydrogen-bond acceptors (Lipinski definition) is 6. The lowest BCUT2D eigenvalue weighted by Crippen LogP contribution is -2.17. The highest BCUT2D eigenvalue weighted by atomic mass is 35.5. The van der Waals surface area contributed by atoms with E-state index in [1.807, 2.05) is 0 Å². The summed E-state index contributed by atoms with van der Waals surface area (Å²) in [5, 5.41) is 11.8. The molecule has 0 saturated carbocycles. The van der Waals surface area contributed by atoms with Crippen LogP contribution in [0.2, 0.25) is 10.0 Å². The number of non-ortho nitro benzene ring substituents is 1. The highest BCUT2D eigenvalue weighted by Gasteiger charge is 2.22. The number of rotatable bonds is 7. The van der Waals surface area contributed by atoms with E-state index in [4.69, 9.17) is 23.2 Å². The maximum Gasteiger partial charge on any atom is 0.271 e. The SMILES string of the molecule is O=[N+]([O-])c1ccc(NS(=O)(=O)c2ccc(Cl)cc2)c(NS(=O)(=O)c2ccc(Cl)cc2)c1. The van der Waals surface area contributed by atoms with E-state index in [0.717, 1.165) is 18.2 Å². The van der Waals surface area contributed by atoms with Crippen molar-refractivity contribution in [2.45, 2.75) is 9.79 Å². The Balaban J connectivity index is 2.02. The molecule has 3 aromatic carbocycles. The van der Waals surface area contributed by atoms with Crippen molar-refractivity contribution in [3.8, 4) is 0 Å². The van der Waals surface area contributed by atoms with Gasteiger partial charge >= 0.3 is 0 Å². The first-order valence-corrected chi connectivity index (χ1v) is 12.1. The third kappa shape index (κ3) is 5.44. The molecule has 0 fully saturated rings. The molecule has 3 rings (SSSR count). The molecule has 0 saturated heterocycles. The Morgan fingerprint density at radius 1 is 0.677 bits per heavy atom. The van der Waals surface area contributed by atoms with Crippen LogP contribution in [0.3, 0.4) is 0 Å². The zero-order valence-corrected chi connectivity index (χ0v) is 18.5. The minimum absolute atomic E-state index is 0.137. The smallest absolute Gasteiger partial charge is 0.271 e. The molecule has 0 heterocycles. The first kappa shape index (κ1) is 22.8. The number of nitrogens with one attached hydrogen (secondary N) is 2. The van der Waals surface area contributed by atoms with Gasteiger partial charge in [0, 0.05) is 22.2 Å². The second-order valence-electron chi connectivity index (χ2n) is 6.11. The molecular formula is C18H13Cl2N3O6S2. The van der Waals surface area contributed by atoms with E-state index in [0.29, 0.717) is 10.0 Å². The van der Waals surface area contributed by atoms with E-state index in [1.54, 1.807) is 0 Å². The molecule has 0 atom stereocenters. The maximum absolute atomic E-state index is 12.7. The zero-order chi connectivity index (χ0) is 22.8. The van der Waals surface area contributed by atoms with Crippen LogP contribution in [-0.2, 0) is 20.0 Å². The van der Waals surface area contributed by atoms with Crippen LogP contribution >= 0.6 is 23.2 Å². The Morgan fingerprint density at radius 2 is 1.10 bits per heavy atom. The van der Waals surface area contributed by atoms with Crippen molar-refractivity contribution < 1.29 is 21.8 Å². The average molecular weight is 502 g/mol. The number of halogens is 2. The molecule has 0 bridgehead atoms. The predicted molar refractivity (Wildman–Crippen MR) is 118 cm³/mol. The average Bonchev–Trinajstić information content (AvgIpc) is 2.69. The molecular weight excluding hydrogens is 489 g/mol. The second kappa shape index (κ2) is 8.71. The van der Waals surface area contributed by atoms with Gasteiger partial charge in [0.1, 0.15) is 0 Å². The molecule has 0 amide bonds. The van der Waals surface area contributed by atoms with Crippen molar-refractivity contribution in [1.29, 1.82) is 0 Å². The molecule has 0 radical (unpaired) electrons. The van der Waals surface area contributed by atoms with Crippen LogP contribution in [-0.4, -0.2) is 21.8 Å². The number of nitro groups is 1. The third-order valence-corrected chi connectivity index (χ3v) is 7.22. The largest absolute Gasteiger partial charge is 0.277 e. The van der Waals surface area contributed by atoms with Crippen molar-refractivity contribution in [3.05, 3.63) is 86.9 Å². The number of benzene rings is 3. The summed E-state index contributed by atoms with van der Waals surface area (Å²) in [6.45, 7) is 0. The van der Waals surface area contributed by atoms with Gasteiger partial charge in [0.25, 0.3) is 25.7 Å². The molecule has 31 heavy (non-hydrogen) atoms. The van der Waals surface area contributed by atoms with Crippen molar-refractivity contribution in [3.63, 3.8) is 0 Å². The predicted octanol–water partition coefficient (Wildman–Crippen LogP) is 4.50. The van der Waals surface area contributed by atoms with Gasteiger partial charge in [-0.2, -0.15) is 0 Å². The van der Waals surface area contributed by atoms with E-state index in [2.05, 4.69) is 9.44 Å². The second-order valence-corrected chi connectivity index (χ2v) is 10.3. The summed E-state index contributed by atoms with van der Waals surface area (Å²) >= 11 is 11.5. The van der Waals surface area contributed by atoms with E-state index in [9.17, 15) is 26.9 Å². The molecule has 2 N–H and O–H groups in total. The lowest BCUT2D eigenvalue weighted by Gasteiger charge is -2.15. The molecule has 0 aliphatic carbocycles. The normalized spacial score (nSPS) is 11.7. The van der Waals surface area contributed by atoms with Gasteiger partial charge in [-0.1, -0.05) is 23.2 Å². The standard InChI is InChI=1S/C18H13Cl2N3O6S2/c19-12-1-6-15(7-2-12)30(26,27)21-17-10-5-14(23(24)25)11-18(17)22-31(28,29)16-8-3-13(20)4-9-16/h1-11,21-22H. The molecule has 0 spiro atoms. The van der Waals surface area contributed by atoms with Crippen LogP contribution in [0.25, 0.3) is 0 Å². The van der Waals surface area contributed by atoms with Crippen LogP contribution in [0.1, 0.15) is 0 Å². The van der Waals surface area contributed by atoms with Crippen LogP contribution in [0.5, 0.6) is 0 Å². The number of sulfonamides is 2. The Kier molecular flexibility index (Phi) is 6.41. The van der Waals surface area contributed by atoms with Gasteiger partial charge in [-0.3, -0.25) is 19.6 Å². The highest BCUT2D eigenvalue weighted by molar-refractivity contribution is 7.93. The molecule has 0 aliphatic rings. The summed E-state index contributed by atoms with van der Waals surface area (Å²) in [6, 6.07) is 13.5. The van der Waals surface area contributed by atoms with E-state index >= 15 is 0 Å². The van der Waals surface area contributed by atoms with Crippen LogP contribution in [0.4, 0.5) is 17.1 Å². The van der Waals surface area contributed by atoms with Crippen molar-refractivity contribution >= 4 is 60.3 Å². The van der Waals surface area contributed by atoms with Crippen molar-refractivity contribution in [1.82, 2.24) is 0 Å². The summed E-state index contributed by atoms with van der Waals surface area (Å²) in [5.74, 6) is 0. The molecule has 0 aromatic heterocycles.